The van der Waals surface area contributed by atoms with Crippen LogP contribution in [-0.2, 0) is 0 Å². The van der Waals surface area contributed by atoms with E-state index in [1.54, 1.807) is 12.2 Å². The minimum absolute atomic E-state index is 0.0671. The van der Waals surface area contributed by atoms with Crippen LogP contribution in [0.2, 0.25) is 0 Å². The van der Waals surface area contributed by atoms with Crippen molar-refractivity contribution in [1.82, 2.24) is 0 Å². The smallest absolute Gasteiger partial charge is 0.0914 e. The quantitative estimate of drug-likeness (QED) is 0.306. The molecular weight excluding hydrogens is 110 g/mol. The summed E-state index contributed by atoms with van der Waals surface area (Å²) in [6.07, 6.45) is 3.33. The summed E-state index contributed by atoms with van der Waals surface area (Å²) in [5.74, 6) is 0. The Balaban J connectivity index is 4.09. The first-order chi connectivity index (χ1) is 4.26. The summed E-state index contributed by atoms with van der Waals surface area (Å²) in [5.41, 5.74) is 0.833. The summed E-state index contributed by atoms with van der Waals surface area (Å²) >= 11 is 0. The summed E-state index contributed by atoms with van der Waals surface area (Å²) < 4.78 is 0. The van der Waals surface area contributed by atoms with Gasteiger partial charge in [-0.1, -0.05) is 25.3 Å². The van der Waals surface area contributed by atoms with Crippen molar-refractivity contribution < 1.29 is 0 Å². The highest BCUT2D eigenvalue weighted by molar-refractivity contribution is 5.32. The van der Waals surface area contributed by atoms with E-state index in [0.717, 1.165) is 5.57 Å². The highest BCUT2D eigenvalue weighted by Gasteiger charge is 1.98. The second-order valence-electron chi connectivity index (χ2n) is 1.64. The predicted octanol–water partition coefficient (Wildman–Crippen LogP) is 1.98. The van der Waals surface area contributed by atoms with Gasteiger partial charge in [0.1, 0.15) is 0 Å². The molecule has 0 aliphatic rings. The first-order valence-electron chi connectivity index (χ1n) is 2.66. The maximum Gasteiger partial charge on any atom is 0.0914 e. The fraction of sp³-hybridized carbons (Fsp3) is 0.125. The van der Waals surface area contributed by atoms with Crippen LogP contribution in [0.1, 0.15) is 0 Å². The molecule has 0 aliphatic carbocycles. The summed E-state index contributed by atoms with van der Waals surface area (Å²) in [5, 5.41) is 0. The van der Waals surface area contributed by atoms with E-state index in [0.29, 0.717) is 0 Å². The minimum atomic E-state index is -0.0671. The van der Waals surface area contributed by atoms with Crippen LogP contribution in [0, 0.1) is 0 Å². The van der Waals surface area contributed by atoms with Crippen molar-refractivity contribution in [3.8, 4) is 0 Å². The Bertz CT molecular complexity index is 137. The monoisotopic (exact) mass is 121 g/mol. The Kier molecular flexibility index (Phi) is 3.37. The summed E-state index contributed by atoms with van der Waals surface area (Å²) in [4.78, 5) is 3.74. The van der Waals surface area contributed by atoms with Crippen molar-refractivity contribution in [2.24, 2.45) is 4.99 Å². The van der Waals surface area contributed by atoms with Gasteiger partial charge in [0.05, 0.1) is 6.04 Å². The third-order valence-electron chi connectivity index (χ3n) is 1.06. The zero-order valence-electron chi connectivity index (χ0n) is 5.51. The van der Waals surface area contributed by atoms with E-state index in [-0.39, 0.29) is 6.04 Å². The van der Waals surface area contributed by atoms with Crippen LogP contribution in [0.5, 0.6) is 0 Å². The fourth-order valence-electron chi connectivity index (χ4n) is 0.464. The van der Waals surface area contributed by atoms with Crippen LogP contribution >= 0.6 is 0 Å². The van der Waals surface area contributed by atoms with E-state index in [1.807, 2.05) is 0 Å². The average Bonchev–Trinajstić information content (AvgIpc) is 1.90. The maximum absolute atomic E-state index is 3.74. The largest absolute Gasteiger partial charge is 0.289 e. The van der Waals surface area contributed by atoms with Crippen molar-refractivity contribution in [3.05, 3.63) is 37.5 Å². The molecule has 0 rings (SSSR count). The minimum Gasteiger partial charge on any atom is -0.289 e. The van der Waals surface area contributed by atoms with Crippen molar-refractivity contribution in [3.63, 3.8) is 0 Å². The third kappa shape index (κ3) is 2.08. The van der Waals surface area contributed by atoms with Gasteiger partial charge in [-0.05, 0) is 12.3 Å². The second-order valence-corrected chi connectivity index (χ2v) is 1.64. The molecular formula is C8H11N. The molecule has 0 amide bonds. The molecule has 9 heavy (non-hydrogen) atoms. The van der Waals surface area contributed by atoms with Crippen molar-refractivity contribution in [2.75, 3.05) is 0 Å². The van der Waals surface area contributed by atoms with Crippen LogP contribution < -0.4 is 0 Å². The van der Waals surface area contributed by atoms with Crippen molar-refractivity contribution in [2.45, 2.75) is 6.04 Å². The first kappa shape index (κ1) is 7.89. The number of hydrogen-bond donors (Lipinski definition) is 0. The molecule has 0 spiro atoms. The molecule has 0 heterocycles. The lowest BCUT2D eigenvalue weighted by Gasteiger charge is -2.03. The molecule has 48 valence electrons. The van der Waals surface area contributed by atoms with Gasteiger partial charge in [-0.3, -0.25) is 4.99 Å². The molecule has 0 radical (unpaired) electrons. The zero-order valence-corrected chi connectivity index (χ0v) is 5.51. The highest BCUT2D eigenvalue weighted by atomic mass is 14.7. The van der Waals surface area contributed by atoms with E-state index < -0.39 is 0 Å². The molecule has 0 aromatic rings. The lowest BCUT2D eigenvalue weighted by atomic mass is 10.1. The highest BCUT2D eigenvalue weighted by Crippen LogP contribution is 2.04. The summed E-state index contributed by atoms with van der Waals surface area (Å²) in [6.45, 7) is 14.2. The van der Waals surface area contributed by atoms with Crippen LogP contribution in [0.15, 0.2) is 42.5 Å². The van der Waals surface area contributed by atoms with Gasteiger partial charge in [-0.25, -0.2) is 0 Å². The number of nitrogens with zero attached hydrogens (tertiary/aromatic N) is 1. The molecule has 1 atom stereocenters. The number of rotatable bonds is 4. The van der Waals surface area contributed by atoms with Crippen LogP contribution in [0.4, 0.5) is 0 Å². The summed E-state index contributed by atoms with van der Waals surface area (Å²) in [7, 11) is 0. The topological polar surface area (TPSA) is 12.4 Å². The second kappa shape index (κ2) is 3.84. The maximum atomic E-state index is 3.74. The first-order valence-corrected chi connectivity index (χ1v) is 2.66. The molecule has 0 fully saturated rings. The Hall–Kier alpha value is -1.11. The van der Waals surface area contributed by atoms with Gasteiger partial charge >= 0.3 is 0 Å². The molecule has 0 saturated carbocycles. The Morgan fingerprint density at radius 1 is 1.44 bits per heavy atom. The lowest BCUT2D eigenvalue weighted by Crippen LogP contribution is -1.98. The van der Waals surface area contributed by atoms with Crippen LogP contribution in [-0.4, -0.2) is 12.8 Å². The molecule has 0 bridgehead atoms. The van der Waals surface area contributed by atoms with Crippen molar-refractivity contribution >= 4 is 6.72 Å². The number of aliphatic imine (C=N–C) groups is 1. The van der Waals surface area contributed by atoms with Gasteiger partial charge in [-0.15, -0.1) is 6.58 Å². The lowest BCUT2D eigenvalue weighted by molar-refractivity contribution is 1.00. The van der Waals surface area contributed by atoms with Crippen molar-refractivity contribution in [1.29, 1.82) is 0 Å². The molecule has 1 heteroatoms. The summed E-state index contributed by atoms with van der Waals surface area (Å²) in [6, 6.07) is -0.0671. The Morgan fingerprint density at radius 2 is 2.00 bits per heavy atom. The van der Waals surface area contributed by atoms with E-state index in [2.05, 4.69) is 31.4 Å². The van der Waals surface area contributed by atoms with Gasteiger partial charge in [0, 0.05) is 0 Å². The van der Waals surface area contributed by atoms with E-state index in [4.69, 9.17) is 0 Å². The van der Waals surface area contributed by atoms with Gasteiger partial charge in [-0.2, -0.15) is 0 Å². The molecule has 0 saturated heterocycles. The molecule has 0 aromatic heterocycles. The van der Waals surface area contributed by atoms with E-state index >= 15 is 0 Å². The Morgan fingerprint density at radius 3 is 2.11 bits per heavy atom. The van der Waals surface area contributed by atoms with Crippen LogP contribution in [0.25, 0.3) is 0 Å². The van der Waals surface area contributed by atoms with Gasteiger partial charge in [0.2, 0.25) is 0 Å². The van der Waals surface area contributed by atoms with E-state index in [1.165, 1.54) is 0 Å². The average molecular weight is 121 g/mol. The molecule has 1 unspecified atom stereocenters. The molecule has 0 aromatic carbocycles. The third-order valence-corrected chi connectivity index (χ3v) is 1.06. The zero-order chi connectivity index (χ0) is 7.28. The van der Waals surface area contributed by atoms with Gasteiger partial charge < -0.3 is 0 Å². The van der Waals surface area contributed by atoms with Gasteiger partial charge in [0.15, 0.2) is 0 Å². The van der Waals surface area contributed by atoms with Crippen LogP contribution in [0.3, 0.4) is 0 Å². The van der Waals surface area contributed by atoms with Gasteiger partial charge in [0.25, 0.3) is 0 Å². The SMILES string of the molecule is C=CC(=C)C(C=C)N=C. The molecule has 1 nitrogen and oxygen atoms in total. The normalized spacial score (nSPS) is 11.6. The predicted molar refractivity (Wildman–Crippen MR) is 42.9 cm³/mol. The number of hydrogen-bond acceptors (Lipinski definition) is 1. The van der Waals surface area contributed by atoms with E-state index in [9.17, 15) is 0 Å². The molecule has 0 aliphatic heterocycles. The molecule has 0 N–H and O–H groups in total. The fourth-order valence-corrected chi connectivity index (χ4v) is 0.464. The Labute approximate surface area is 56.1 Å². The standard InChI is InChI=1S/C8H11N/c1-5-7(3)8(6-2)9-4/h5-6,8H,1-4H2.